The summed E-state index contributed by atoms with van der Waals surface area (Å²) in [5.74, 6) is 0.632. The Morgan fingerprint density at radius 1 is 1.19 bits per heavy atom. The van der Waals surface area contributed by atoms with Crippen LogP contribution >= 0.6 is 0 Å². The molecule has 0 aliphatic heterocycles. The summed E-state index contributed by atoms with van der Waals surface area (Å²) in [7, 11) is 0. The number of halogens is 1. The Morgan fingerprint density at radius 2 is 2.00 bits per heavy atom. The van der Waals surface area contributed by atoms with E-state index in [-0.39, 0.29) is 11.9 Å². The fourth-order valence-electron chi connectivity index (χ4n) is 2.17. The van der Waals surface area contributed by atoms with Crippen LogP contribution in [-0.2, 0) is 0 Å². The third kappa shape index (κ3) is 4.22. The summed E-state index contributed by atoms with van der Waals surface area (Å²) >= 11 is 0. The van der Waals surface area contributed by atoms with Gasteiger partial charge in [-0.25, -0.2) is 4.39 Å². The molecule has 0 heterocycles. The smallest absolute Gasteiger partial charge is 0.142 e. The quantitative estimate of drug-likeness (QED) is 0.798. The number of rotatable bonds is 6. The van der Waals surface area contributed by atoms with Crippen molar-refractivity contribution in [2.75, 3.05) is 11.9 Å². The molecule has 1 N–H and O–H groups in total. The summed E-state index contributed by atoms with van der Waals surface area (Å²) < 4.78 is 19.1. The highest BCUT2D eigenvalue weighted by molar-refractivity contribution is 5.58. The van der Waals surface area contributed by atoms with Gasteiger partial charge in [0.25, 0.3) is 0 Å². The van der Waals surface area contributed by atoms with E-state index in [1.807, 2.05) is 38.1 Å². The Hall–Kier alpha value is -2.03. The van der Waals surface area contributed by atoms with E-state index in [0.29, 0.717) is 6.61 Å². The van der Waals surface area contributed by atoms with E-state index >= 15 is 0 Å². The van der Waals surface area contributed by atoms with Crippen LogP contribution in [0.1, 0.15) is 37.4 Å². The van der Waals surface area contributed by atoms with E-state index in [1.54, 1.807) is 12.1 Å². The highest BCUT2D eigenvalue weighted by Gasteiger charge is 2.10. The van der Waals surface area contributed by atoms with E-state index in [4.69, 9.17) is 4.74 Å². The van der Waals surface area contributed by atoms with Crippen molar-refractivity contribution >= 4 is 5.69 Å². The molecule has 0 spiro atoms. The van der Waals surface area contributed by atoms with Gasteiger partial charge in [0.05, 0.1) is 12.3 Å². The van der Waals surface area contributed by atoms with Crippen LogP contribution in [0.3, 0.4) is 0 Å². The number of anilines is 1. The average molecular weight is 287 g/mol. The highest BCUT2D eigenvalue weighted by atomic mass is 19.1. The van der Waals surface area contributed by atoms with Crippen molar-refractivity contribution in [2.24, 2.45) is 0 Å². The van der Waals surface area contributed by atoms with E-state index < -0.39 is 0 Å². The molecule has 3 heteroatoms. The van der Waals surface area contributed by atoms with Crippen molar-refractivity contribution in [3.8, 4) is 5.75 Å². The van der Waals surface area contributed by atoms with E-state index in [0.717, 1.165) is 29.0 Å². The van der Waals surface area contributed by atoms with Crippen molar-refractivity contribution in [1.29, 1.82) is 0 Å². The van der Waals surface area contributed by atoms with Crippen molar-refractivity contribution in [3.05, 3.63) is 59.4 Å². The summed E-state index contributed by atoms with van der Waals surface area (Å²) in [6.45, 7) is 6.82. The van der Waals surface area contributed by atoms with E-state index in [9.17, 15) is 4.39 Å². The van der Waals surface area contributed by atoms with Crippen molar-refractivity contribution in [2.45, 2.75) is 33.2 Å². The van der Waals surface area contributed by atoms with Crippen LogP contribution in [0.25, 0.3) is 0 Å². The zero-order chi connectivity index (χ0) is 15.2. The van der Waals surface area contributed by atoms with Gasteiger partial charge in [0, 0.05) is 6.04 Å². The summed E-state index contributed by atoms with van der Waals surface area (Å²) in [5.41, 5.74) is 3.01. The first-order chi connectivity index (χ1) is 10.1. The molecule has 0 aromatic heterocycles. The Labute approximate surface area is 126 Å². The van der Waals surface area contributed by atoms with Gasteiger partial charge in [0.15, 0.2) is 0 Å². The molecule has 0 bridgehead atoms. The number of aryl methyl sites for hydroxylation is 1. The number of nitrogens with one attached hydrogen (secondary N) is 1. The molecule has 2 rings (SSSR count). The standard InChI is InChI=1S/C18H22FNO/c1-4-10-21-18-11-13(2)8-9-17(18)20-14(3)15-6-5-7-16(19)12-15/h5-9,11-12,14,20H,4,10H2,1-3H3. The largest absolute Gasteiger partial charge is 0.491 e. The number of benzene rings is 2. The molecule has 2 nitrogen and oxygen atoms in total. The molecule has 0 radical (unpaired) electrons. The van der Waals surface area contributed by atoms with Crippen LogP contribution in [0.15, 0.2) is 42.5 Å². The van der Waals surface area contributed by atoms with Crippen LogP contribution in [-0.4, -0.2) is 6.61 Å². The molecule has 2 aromatic carbocycles. The van der Waals surface area contributed by atoms with Gasteiger partial charge in [-0.15, -0.1) is 0 Å². The lowest BCUT2D eigenvalue weighted by atomic mass is 10.1. The van der Waals surface area contributed by atoms with E-state index in [2.05, 4.69) is 12.2 Å². The van der Waals surface area contributed by atoms with Gasteiger partial charge in [-0.1, -0.05) is 25.1 Å². The first-order valence-corrected chi connectivity index (χ1v) is 7.35. The topological polar surface area (TPSA) is 21.3 Å². The molecule has 1 unspecified atom stereocenters. The predicted molar refractivity (Wildman–Crippen MR) is 85.4 cm³/mol. The number of hydrogen-bond acceptors (Lipinski definition) is 2. The van der Waals surface area contributed by atoms with Gasteiger partial charge in [0.1, 0.15) is 11.6 Å². The molecule has 0 amide bonds. The Balaban J connectivity index is 2.18. The summed E-state index contributed by atoms with van der Waals surface area (Å²) in [5, 5.41) is 3.40. The Kier molecular flexibility index (Phi) is 5.20. The van der Waals surface area contributed by atoms with Gasteiger partial charge in [-0.3, -0.25) is 0 Å². The summed E-state index contributed by atoms with van der Waals surface area (Å²) in [6, 6.07) is 12.7. The van der Waals surface area contributed by atoms with Crippen LogP contribution < -0.4 is 10.1 Å². The Bertz CT molecular complexity index is 598. The van der Waals surface area contributed by atoms with Crippen LogP contribution in [0.4, 0.5) is 10.1 Å². The summed E-state index contributed by atoms with van der Waals surface area (Å²) in [6.07, 6.45) is 0.965. The number of hydrogen-bond donors (Lipinski definition) is 1. The second-order valence-corrected chi connectivity index (χ2v) is 5.27. The maximum absolute atomic E-state index is 13.3. The first kappa shape index (κ1) is 15.4. The van der Waals surface area contributed by atoms with Crippen LogP contribution in [0.2, 0.25) is 0 Å². The maximum atomic E-state index is 13.3. The molecule has 112 valence electrons. The third-order valence-corrected chi connectivity index (χ3v) is 3.32. The zero-order valence-corrected chi connectivity index (χ0v) is 12.8. The van der Waals surface area contributed by atoms with Crippen molar-refractivity contribution in [3.63, 3.8) is 0 Å². The highest BCUT2D eigenvalue weighted by Crippen LogP contribution is 2.29. The number of ether oxygens (including phenoxy) is 1. The van der Waals surface area contributed by atoms with E-state index in [1.165, 1.54) is 6.07 Å². The molecule has 0 fully saturated rings. The van der Waals surface area contributed by atoms with Crippen molar-refractivity contribution < 1.29 is 9.13 Å². The second-order valence-electron chi connectivity index (χ2n) is 5.27. The molecule has 21 heavy (non-hydrogen) atoms. The fraction of sp³-hybridized carbons (Fsp3) is 0.333. The van der Waals surface area contributed by atoms with Crippen LogP contribution in [0.5, 0.6) is 5.75 Å². The third-order valence-electron chi connectivity index (χ3n) is 3.32. The minimum atomic E-state index is -0.215. The monoisotopic (exact) mass is 287 g/mol. The predicted octanol–water partition coefficient (Wildman–Crippen LogP) is 5.10. The molecule has 0 aliphatic rings. The van der Waals surface area contributed by atoms with Gasteiger partial charge in [-0.05, 0) is 55.7 Å². The lowest BCUT2D eigenvalue weighted by molar-refractivity contribution is 0.318. The molecular weight excluding hydrogens is 265 g/mol. The molecular formula is C18H22FNO. The van der Waals surface area contributed by atoms with Gasteiger partial charge < -0.3 is 10.1 Å². The zero-order valence-electron chi connectivity index (χ0n) is 12.8. The normalized spacial score (nSPS) is 12.0. The minimum Gasteiger partial charge on any atom is -0.491 e. The van der Waals surface area contributed by atoms with Crippen molar-refractivity contribution in [1.82, 2.24) is 0 Å². The first-order valence-electron chi connectivity index (χ1n) is 7.35. The second kappa shape index (κ2) is 7.11. The Morgan fingerprint density at radius 3 is 2.71 bits per heavy atom. The minimum absolute atomic E-state index is 0.00684. The van der Waals surface area contributed by atoms with Gasteiger partial charge >= 0.3 is 0 Å². The average Bonchev–Trinajstić information content (AvgIpc) is 2.47. The SMILES string of the molecule is CCCOc1cc(C)ccc1NC(C)c1cccc(F)c1. The molecule has 2 aromatic rings. The van der Waals surface area contributed by atoms with Crippen LogP contribution in [0, 0.1) is 12.7 Å². The fourth-order valence-corrected chi connectivity index (χ4v) is 2.17. The maximum Gasteiger partial charge on any atom is 0.142 e. The lowest BCUT2D eigenvalue weighted by Crippen LogP contribution is -2.09. The van der Waals surface area contributed by atoms with Gasteiger partial charge in [0.2, 0.25) is 0 Å². The van der Waals surface area contributed by atoms with Gasteiger partial charge in [-0.2, -0.15) is 0 Å². The molecule has 0 saturated heterocycles. The molecule has 0 saturated carbocycles. The molecule has 1 atom stereocenters. The summed E-state index contributed by atoms with van der Waals surface area (Å²) in [4.78, 5) is 0. The lowest BCUT2D eigenvalue weighted by Gasteiger charge is -2.19. The molecule has 0 aliphatic carbocycles.